The van der Waals surface area contributed by atoms with E-state index in [1.54, 1.807) is 11.0 Å². The maximum atomic E-state index is 12.8. The van der Waals surface area contributed by atoms with Gasteiger partial charge >= 0.3 is 18.2 Å². The van der Waals surface area contributed by atoms with Crippen LogP contribution in [0.4, 0.5) is 18.0 Å². The molecule has 1 aromatic heterocycles. The van der Waals surface area contributed by atoms with Gasteiger partial charge in [0.1, 0.15) is 0 Å². The van der Waals surface area contributed by atoms with Crippen LogP contribution in [-0.4, -0.2) is 51.0 Å². The number of hydrogen-bond donors (Lipinski definition) is 1. The van der Waals surface area contributed by atoms with Gasteiger partial charge in [0.25, 0.3) is 0 Å². The number of carboxylic acids is 1. The number of likely N-dealkylation sites (tertiary alicyclic amines) is 1. The number of ether oxygens (including phenoxy) is 1. The molecule has 1 N–H and O–H groups in total. The Morgan fingerprint density at radius 2 is 1.90 bits per heavy atom. The number of benzene rings is 1. The number of fused-ring (bicyclic) bond motifs is 1. The highest BCUT2D eigenvalue weighted by molar-refractivity contribution is 6.33. The van der Waals surface area contributed by atoms with Crippen LogP contribution in [0.15, 0.2) is 30.5 Å². The lowest BCUT2D eigenvalue weighted by molar-refractivity contribution is -0.137. The smallest absolute Gasteiger partial charge is 0.416 e. The van der Waals surface area contributed by atoms with Gasteiger partial charge in [0, 0.05) is 13.1 Å². The standard InChI is InChI=1S/C20H19ClF3N3O4/c21-16-9-27(25-17(16)18(28)29)19(30)26-7-12-5-15(6-13(12)8-26)31-10-11-2-1-3-14(4-11)20(22,23)24/h1-4,9,12-13,15H,5-8,10H2,(H,28,29). The molecular weight excluding hydrogens is 439 g/mol. The molecule has 1 aliphatic carbocycles. The van der Waals surface area contributed by atoms with Crippen LogP contribution in [0.25, 0.3) is 0 Å². The number of hydrogen-bond acceptors (Lipinski definition) is 4. The average Bonchev–Trinajstić information content (AvgIpc) is 3.38. The Labute approximate surface area is 180 Å². The van der Waals surface area contributed by atoms with E-state index in [9.17, 15) is 22.8 Å². The van der Waals surface area contributed by atoms with Gasteiger partial charge in [-0.1, -0.05) is 23.7 Å². The van der Waals surface area contributed by atoms with Crippen molar-refractivity contribution in [2.75, 3.05) is 13.1 Å². The molecule has 31 heavy (non-hydrogen) atoms. The molecule has 1 saturated carbocycles. The third kappa shape index (κ3) is 4.54. The maximum Gasteiger partial charge on any atom is 0.416 e. The van der Waals surface area contributed by atoms with Crippen molar-refractivity contribution >= 4 is 23.6 Å². The predicted molar refractivity (Wildman–Crippen MR) is 103 cm³/mol. The van der Waals surface area contributed by atoms with Crippen LogP contribution in [0, 0.1) is 11.8 Å². The van der Waals surface area contributed by atoms with Crippen molar-refractivity contribution in [1.82, 2.24) is 14.7 Å². The minimum atomic E-state index is -4.39. The van der Waals surface area contributed by atoms with Crippen LogP contribution >= 0.6 is 11.6 Å². The Bertz CT molecular complexity index is 996. The normalized spacial score (nSPS) is 23.2. The second-order valence-electron chi connectivity index (χ2n) is 7.89. The zero-order valence-electron chi connectivity index (χ0n) is 16.2. The Morgan fingerprint density at radius 3 is 2.48 bits per heavy atom. The molecule has 2 fully saturated rings. The lowest BCUT2D eigenvalue weighted by Gasteiger charge is -2.19. The Morgan fingerprint density at radius 1 is 1.23 bits per heavy atom. The number of nitrogens with zero attached hydrogens (tertiary/aromatic N) is 3. The van der Waals surface area contributed by atoms with E-state index in [-0.39, 0.29) is 35.3 Å². The van der Waals surface area contributed by atoms with Crippen LogP contribution in [0.3, 0.4) is 0 Å². The Kier molecular flexibility index (Phi) is 5.69. The molecule has 0 bridgehead atoms. The molecule has 1 aliphatic heterocycles. The first kappa shape index (κ1) is 21.6. The van der Waals surface area contributed by atoms with Crippen molar-refractivity contribution in [1.29, 1.82) is 0 Å². The van der Waals surface area contributed by atoms with E-state index in [1.807, 2.05) is 0 Å². The highest BCUT2D eigenvalue weighted by Crippen LogP contribution is 2.40. The maximum absolute atomic E-state index is 12.8. The second-order valence-corrected chi connectivity index (χ2v) is 8.29. The summed E-state index contributed by atoms with van der Waals surface area (Å²) in [5.74, 6) is -0.892. The molecule has 11 heteroatoms. The van der Waals surface area contributed by atoms with E-state index < -0.39 is 23.7 Å². The molecule has 2 aliphatic rings. The van der Waals surface area contributed by atoms with Crippen molar-refractivity contribution in [3.8, 4) is 0 Å². The van der Waals surface area contributed by atoms with Crippen molar-refractivity contribution in [3.63, 3.8) is 0 Å². The van der Waals surface area contributed by atoms with Crippen LogP contribution in [0.5, 0.6) is 0 Å². The molecule has 166 valence electrons. The van der Waals surface area contributed by atoms with Crippen LogP contribution in [-0.2, 0) is 17.5 Å². The summed E-state index contributed by atoms with van der Waals surface area (Å²) in [6.07, 6.45) is -1.89. The third-order valence-corrected chi connectivity index (χ3v) is 6.06. The number of alkyl halides is 3. The summed E-state index contributed by atoms with van der Waals surface area (Å²) < 4.78 is 45.3. The third-order valence-electron chi connectivity index (χ3n) is 5.79. The number of aromatic carboxylic acids is 1. The molecule has 1 amide bonds. The highest BCUT2D eigenvalue weighted by atomic mass is 35.5. The van der Waals surface area contributed by atoms with Gasteiger partial charge in [-0.2, -0.15) is 23.0 Å². The SMILES string of the molecule is O=C(O)c1nn(C(=O)N2CC3CC(OCc4cccc(C(F)(F)F)c4)CC3C2)cc1Cl. The van der Waals surface area contributed by atoms with Gasteiger partial charge in [0.2, 0.25) is 0 Å². The van der Waals surface area contributed by atoms with Crippen LogP contribution < -0.4 is 0 Å². The zero-order chi connectivity index (χ0) is 22.3. The lowest BCUT2D eigenvalue weighted by atomic mass is 10.0. The van der Waals surface area contributed by atoms with Crippen molar-refractivity contribution in [2.24, 2.45) is 11.8 Å². The van der Waals surface area contributed by atoms with Crippen molar-refractivity contribution < 1.29 is 32.6 Å². The minimum absolute atomic E-state index is 0.0837. The van der Waals surface area contributed by atoms with Gasteiger partial charge in [0.15, 0.2) is 5.69 Å². The van der Waals surface area contributed by atoms with Crippen molar-refractivity contribution in [3.05, 3.63) is 52.3 Å². The molecule has 0 radical (unpaired) electrons. The fourth-order valence-corrected chi connectivity index (χ4v) is 4.54. The highest BCUT2D eigenvalue weighted by Gasteiger charge is 2.43. The minimum Gasteiger partial charge on any atom is -0.476 e. The van der Waals surface area contributed by atoms with E-state index in [4.69, 9.17) is 21.4 Å². The van der Waals surface area contributed by atoms with Gasteiger partial charge in [-0.25, -0.2) is 9.59 Å². The fourth-order valence-electron chi connectivity index (χ4n) is 4.33. The van der Waals surface area contributed by atoms with Gasteiger partial charge < -0.3 is 14.7 Å². The average molecular weight is 458 g/mol. The number of carbonyl (C=O) groups is 2. The molecule has 7 nitrogen and oxygen atoms in total. The van der Waals surface area contributed by atoms with Crippen LogP contribution in [0.2, 0.25) is 5.02 Å². The van der Waals surface area contributed by atoms with E-state index in [2.05, 4.69) is 5.10 Å². The first-order valence-corrected chi connectivity index (χ1v) is 10.0. The zero-order valence-corrected chi connectivity index (χ0v) is 16.9. The summed E-state index contributed by atoms with van der Waals surface area (Å²) in [5.41, 5.74) is -0.609. The molecular formula is C20H19ClF3N3O4. The summed E-state index contributed by atoms with van der Waals surface area (Å²) >= 11 is 5.81. The summed E-state index contributed by atoms with van der Waals surface area (Å²) in [6.45, 7) is 1.06. The first-order valence-electron chi connectivity index (χ1n) is 9.67. The van der Waals surface area contributed by atoms with E-state index in [1.165, 1.54) is 12.3 Å². The lowest BCUT2D eigenvalue weighted by Crippen LogP contribution is -2.34. The number of amides is 1. The second kappa shape index (κ2) is 8.16. The summed E-state index contributed by atoms with van der Waals surface area (Å²) in [5, 5.41) is 12.7. The molecule has 1 saturated heterocycles. The molecule has 2 aromatic rings. The molecule has 2 unspecified atom stereocenters. The monoisotopic (exact) mass is 457 g/mol. The molecule has 0 spiro atoms. The van der Waals surface area contributed by atoms with Gasteiger partial charge in [-0.3, -0.25) is 0 Å². The Balaban J connectivity index is 1.31. The summed E-state index contributed by atoms with van der Waals surface area (Å²) in [4.78, 5) is 25.3. The number of carbonyl (C=O) groups excluding carboxylic acids is 1. The largest absolute Gasteiger partial charge is 0.476 e. The quantitative estimate of drug-likeness (QED) is 0.745. The number of rotatable bonds is 4. The van der Waals surface area contributed by atoms with E-state index in [0.29, 0.717) is 31.5 Å². The number of carboxylic acid groups (broad SMARTS) is 1. The molecule has 2 heterocycles. The molecule has 2 atom stereocenters. The number of halogens is 4. The first-order chi connectivity index (χ1) is 14.6. The number of aromatic nitrogens is 2. The topological polar surface area (TPSA) is 84.7 Å². The molecule has 1 aromatic carbocycles. The van der Waals surface area contributed by atoms with Crippen LogP contribution in [0.1, 0.15) is 34.5 Å². The van der Waals surface area contributed by atoms with E-state index >= 15 is 0 Å². The van der Waals surface area contributed by atoms with Gasteiger partial charge in [-0.15, -0.1) is 0 Å². The Hall–Kier alpha value is -2.59. The van der Waals surface area contributed by atoms with Crippen molar-refractivity contribution in [2.45, 2.75) is 31.7 Å². The van der Waals surface area contributed by atoms with Gasteiger partial charge in [-0.05, 0) is 42.4 Å². The molecule has 4 rings (SSSR count). The summed E-state index contributed by atoms with van der Waals surface area (Å²) in [6, 6.07) is 4.65. The van der Waals surface area contributed by atoms with E-state index in [0.717, 1.165) is 16.8 Å². The fraction of sp³-hybridized carbons (Fsp3) is 0.450. The van der Waals surface area contributed by atoms with Gasteiger partial charge in [0.05, 0.1) is 29.5 Å². The summed E-state index contributed by atoms with van der Waals surface area (Å²) in [7, 11) is 0. The predicted octanol–water partition coefficient (Wildman–Crippen LogP) is 4.15.